The van der Waals surface area contributed by atoms with Gasteiger partial charge < -0.3 is 14.8 Å². The molecule has 0 aromatic rings. The number of esters is 2. The average Bonchev–Trinajstić information content (AvgIpc) is 3.19. The van der Waals surface area contributed by atoms with Crippen molar-refractivity contribution in [2.45, 2.75) is 62.5 Å². The van der Waals surface area contributed by atoms with Gasteiger partial charge in [0.05, 0.1) is 17.1 Å². The Labute approximate surface area is 152 Å². The molecule has 1 saturated heterocycles. The minimum Gasteiger partial charge on any atom is -0.458 e. The molecule has 0 spiro atoms. The highest BCUT2D eigenvalue weighted by Crippen LogP contribution is 2.55. The van der Waals surface area contributed by atoms with E-state index >= 15 is 0 Å². The molecule has 0 aromatic heterocycles. The summed E-state index contributed by atoms with van der Waals surface area (Å²) in [7, 11) is -4.19. The molecule has 1 heterocycles. The average molecular weight is 387 g/mol. The van der Waals surface area contributed by atoms with E-state index < -0.39 is 33.4 Å². The van der Waals surface area contributed by atoms with Gasteiger partial charge in [-0.1, -0.05) is 6.92 Å². The predicted molar refractivity (Wildman–Crippen MR) is 89.6 cm³/mol. The third kappa shape index (κ3) is 2.93. The molecule has 4 rings (SSSR count). The van der Waals surface area contributed by atoms with Crippen LogP contribution in [0.3, 0.4) is 0 Å². The van der Waals surface area contributed by atoms with Crippen LogP contribution >= 0.6 is 0 Å². The van der Waals surface area contributed by atoms with Crippen LogP contribution in [-0.2, 0) is 29.2 Å². The van der Waals surface area contributed by atoms with E-state index in [1.807, 2.05) is 6.92 Å². The number of hydrogen-bond acceptors (Lipinski definition) is 7. The Morgan fingerprint density at radius 2 is 2.08 bits per heavy atom. The van der Waals surface area contributed by atoms with Crippen molar-refractivity contribution in [3.8, 4) is 0 Å². The summed E-state index contributed by atoms with van der Waals surface area (Å²) in [6.45, 7) is 2.58. The van der Waals surface area contributed by atoms with Crippen molar-refractivity contribution in [3.05, 3.63) is 0 Å². The molecule has 8 unspecified atom stereocenters. The van der Waals surface area contributed by atoms with Gasteiger partial charge in [0.15, 0.2) is 0 Å². The van der Waals surface area contributed by atoms with Crippen molar-refractivity contribution >= 4 is 22.1 Å². The van der Waals surface area contributed by atoms with Crippen molar-refractivity contribution in [3.63, 3.8) is 0 Å². The Morgan fingerprint density at radius 3 is 2.77 bits per heavy atom. The van der Waals surface area contributed by atoms with Gasteiger partial charge in [-0.05, 0) is 38.6 Å². The van der Waals surface area contributed by atoms with Gasteiger partial charge in [-0.25, -0.2) is 0 Å². The third-order valence-electron chi connectivity index (χ3n) is 6.66. The lowest BCUT2D eigenvalue weighted by Crippen LogP contribution is -2.49. The van der Waals surface area contributed by atoms with E-state index in [1.165, 1.54) is 0 Å². The van der Waals surface area contributed by atoms with Gasteiger partial charge in [0, 0.05) is 17.9 Å². The zero-order chi connectivity index (χ0) is 18.6. The summed E-state index contributed by atoms with van der Waals surface area (Å²) in [6.07, 6.45) is 1.60. The molecule has 0 aromatic carbocycles. The number of nitrogens with one attached hydrogen (secondary N) is 1. The summed E-state index contributed by atoms with van der Waals surface area (Å²) in [5, 5.41) is 2.28. The van der Waals surface area contributed by atoms with Crippen LogP contribution in [0, 0.1) is 23.7 Å². The van der Waals surface area contributed by atoms with Crippen molar-refractivity contribution in [2.24, 2.45) is 23.7 Å². The molecular formula is C17H25NO7S. The molecule has 3 saturated carbocycles. The lowest BCUT2D eigenvalue weighted by molar-refractivity contribution is -0.167. The van der Waals surface area contributed by atoms with Crippen LogP contribution in [0.2, 0.25) is 0 Å². The molecule has 2 N–H and O–H groups in total. The second kappa shape index (κ2) is 6.45. The van der Waals surface area contributed by atoms with E-state index in [0.717, 1.165) is 6.42 Å². The van der Waals surface area contributed by atoms with E-state index in [9.17, 15) is 22.6 Å². The standard InChI is InChI=1S/C17H25NO7S/c1-2-18-13-4-3-9(26(21,22)23)7-12(13)17(20)24-14-8-5-10-11(6-8)16(19)25-15(10)14/h8-15,18H,2-7H2,1H3,(H,21,22,23). The molecule has 1 aliphatic heterocycles. The largest absolute Gasteiger partial charge is 0.458 e. The second-order valence-corrected chi connectivity index (χ2v) is 9.72. The van der Waals surface area contributed by atoms with E-state index in [4.69, 9.17) is 9.47 Å². The minimum atomic E-state index is -4.19. The molecule has 146 valence electrons. The Balaban J connectivity index is 1.47. The summed E-state index contributed by atoms with van der Waals surface area (Å²) in [5.41, 5.74) is 0. The first kappa shape index (κ1) is 18.2. The van der Waals surface area contributed by atoms with Crippen LogP contribution in [0.1, 0.15) is 39.0 Å². The molecule has 3 aliphatic carbocycles. The monoisotopic (exact) mass is 387 g/mol. The van der Waals surface area contributed by atoms with Crippen LogP contribution in [0.25, 0.3) is 0 Å². The lowest BCUT2D eigenvalue weighted by Gasteiger charge is -2.35. The van der Waals surface area contributed by atoms with E-state index in [0.29, 0.717) is 25.8 Å². The van der Waals surface area contributed by atoms with Gasteiger partial charge in [0.2, 0.25) is 0 Å². The lowest BCUT2D eigenvalue weighted by atomic mass is 9.83. The van der Waals surface area contributed by atoms with Crippen molar-refractivity contribution in [1.29, 1.82) is 0 Å². The van der Waals surface area contributed by atoms with E-state index in [2.05, 4.69) is 5.32 Å². The summed E-state index contributed by atoms with van der Waals surface area (Å²) in [6, 6.07) is -0.178. The summed E-state index contributed by atoms with van der Waals surface area (Å²) >= 11 is 0. The number of rotatable bonds is 5. The maximum atomic E-state index is 12.9. The minimum absolute atomic E-state index is 0.0449. The molecule has 8 nitrogen and oxygen atoms in total. The first-order valence-corrected chi connectivity index (χ1v) is 10.9. The molecular weight excluding hydrogens is 362 g/mol. The highest BCUT2D eigenvalue weighted by Gasteiger charge is 2.63. The quantitative estimate of drug-likeness (QED) is 0.517. The van der Waals surface area contributed by atoms with Gasteiger partial charge in [-0.15, -0.1) is 0 Å². The second-order valence-electron chi connectivity index (χ2n) is 8.03. The van der Waals surface area contributed by atoms with Crippen LogP contribution < -0.4 is 5.32 Å². The molecule has 9 heteroatoms. The first-order valence-electron chi connectivity index (χ1n) is 9.40. The van der Waals surface area contributed by atoms with E-state index in [-0.39, 0.29) is 42.3 Å². The molecule has 4 fully saturated rings. The molecule has 2 bridgehead atoms. The highest BCUT2D eigenvalue weighted by molar-refractivity contribution is 7.86. The predicted octanol–water partition coefficient (Wildman–Crippen LogP) is 0.514. The van der Waals surface area contributed by atoms with E-state index in [1.54, 1.807) is 0 Å². The fraction of sp³-hybridized carbons (Fsp3) is 0.882. The summed E-state index contributed by atoms with van der Waals surface area (Å²) < 4.78 is 43.6. The topological polar surface area (TPSA) is 119 Å². The van der Waals surface area contributed by atoms with Gasteiger partial charge in [-0.3, -0.25) is 14.1 Å². The van der Waals surface area contributed by atoms with Gasteiger partial charge in [-0.2, -0.15) is 8.42 Å². The van der Waals surface area contributed by atoms with Crippen LogP contribution in [-0.4, -0.2) is 55.0 Å². The normalized spacial score (nSPS) is 44.2. The molecule has 0 radical (unpaired) electrons. The van der Waals surface area contributed by atoms with Crippen LogP contribution in [0.15, 0.2) is 0 Å². The number of hydrogen-bond donors (Lipinski definition) is 2. The van der Waals surface area contributed by atoms with Crippen molar-refractivity contribution in [1.82, 2.24) is 5.32 Å². The smallest absolute Gasteiger partial charge is 0.310 e. The van der Waals surface area contributed by atoms with Crippen molar-refractivity contribution < 1.29 is 32.0 Å². The van der Waals surface area contributed by atoms with Gasteiger partial charge in [0.25, 0.3) is 10.1 Å². The fourth-order valence-corrected chi connectivity index (χ4v) is 6.34. The molecule has 26 heavy (non-hydrogen) atoms. The number of carbonyl (C=O) groups is 2. The summed E-state index contributed by atoms with van der Waals surface area (Å²) in [4.78, 5) is 24.7. The highest BCUT2D eigenvalue weighted by atomic mass is 32.2. The SMILES string of the molecule is CCNC1CCC(S(=O)(=O)O)CC1C(=O)OC1C2CC3C(=O)OC1C3C2. The Morgan fingerprint density at radius 1 is 1.31 bits per heavy atom. The van der Waals surface area contributed by atoms with Crippen LogP contribution in [0.4, 0.5) is 0 Å². The Bertz CT molecular complexity index is 708. The maximum absolute atomic E-state index is 12.9. The zero-order valence-electron chi connectivity index (χ0n) is 14.7. The Hall–Kier alpha value is -1.19. The zero-order valence-corrected chi connectivity index (χ0v) is 15.5. The molecule has 8 atom stereocenters. The number of ether oxygens (including phenoxy) is 2. The maximum Gasteiger partial charge on any atom is 0.310 e. The van der Waals surface area contributed by atoms with Crippen LogP contribution in [0.5, 0.6) is 0 Å². The first-order chi connectivity index (χ1) is 12.3. The molecule has 0 amide bonds. The van der Waals surface area contributed by atoms with Gasteiger partial charge in [0.1, 0.15) is 12.2 Å². The Kier molecular flexibility index (Phi) is 4.51. The number of fused-ring (bicyclic) bond motifs is 1. The van der Waals surface area contributed by atoms with Gasteiger partial charge >= 0.3 is 11.9 Å². The van der Waals surface area contributed by atoms with Crippen molar-refractivity contribution in [2.75, 3.05) is 6.54 Å². The fourth-order valence-electron chi connectivity index (χ4n) is 5.46. The number of carbonyl (C=O) groups excluding carboxylic acids is 2. The summed E-state index contributed by atoms with van der Waals surface area (Å²) in [5.74, 6) is -1.04. The third-order valence-corrected chi connectivity index (χ3v) is 7.93. The molecule has 4 aliphatic rings.